The van der Waals surface area contributed by atoms with Crippen LogP contribution in [0.4, 0.5) is 0 Å². The molecule has 2 unspecified atom stereocenters. The lowest BCUT2D eigenvalue weighted by atomic mass is 9.88. The van der Waals surface area contributed by atoms with E-state index in [0.29, 0.717) is 13.2 Å². The van der Waals surface area contributed by atoms with Crippen molar-refractivity contribution in [2.75, 3.05) is 26.2 Å². The summed E-state index contributed by atoms with van der Waals surface area (Å²) in [5.41, 5.74) is -0.750. The summed E-state index contributed by atoms with van der Waals surface area (Å²) in [7, 11) is 0. The summed E-state index contributed by atoms with van der Waals surface area (Å²) in [5.74, 6) is 0.914. The standard InChI is InChI=1S/C18H27NO3/c1-17(2,20)13-19-10-6-9-18(14-19)11-16(12-21-18)22-15-7-4-3-5-8-15/h3-5,7-8,16,20H,6,9-14H2,1-2H3. The number of piperidine rings is 1. The fraction of sp³-hybridized carbons (Fsp3) is 0.667. The van der Waals surface area contributed by atoms with E-state index in [1.54, 1.807) is 0 Å². The number of para-hydroxylation sites is 1. The zero-order chi connectivity index (χ0) is 15.6. The zero-order valence-electron chi connectivity index (χ0n) is 13.6. The lowest BCUT2D eigenvalue weighted by Crippen LogP contribution is -2.51. The van der Waals surface area contributed by atoms with Gasteiger partial charge in [0, 0.05) is 19.5 Å². The SMILES string of the molecule is CC(C)(O)CN1CCCC2(CC(Oc3ccccc3)CO2)C1. The van der Waals surface area contributed by atoms with E-state index in [1.165, 1.54) is 0 Å². The van der Waals surface area contributed by atoms with Crippen molar-refractivity contribution in [3.63, 3.8) is 0 Å². The molecule has 0 aliphatic carbocycles. The van der Waals surface area contributed by atoms with Gasteiger partial charge in [0.2, 0.25) is 0 Å². The van der Waals surface area contributed by atoms with Gasteiger partial charge in [-0.1, -0.05) is 18.2 Å². The predicted molar refractivity (Wildman–Crippen MR) is 86.1 cm³/mol. The molecule has 22 heavy (non-hydrogen) atoms. The van der Waals surface area contributed by atoms with E-state index >= 15 is 0 Å². The first-order chi connectivity index (χ1) is 10.4. The van der Waals surface area contributed by atoms with Crippen molar-refractivity contribution >= 4 is 0 Å². The topological polar surface area (TPSA) is 41.9 Å². The first-order valence-corrected chi connectivity index (χ1v) is 8.25. The molecule has 2 aliphatic heterocycles. The summed E-state index contributed by atoms with van der Waals surface area (Å²) in [4.78, 5) is 2.33. The van der Waals surface area contributed by atoms with Gasteiger partial charge in [0.05, 0.1) is 17.8 Å². The zero-order valence-corrected chi connectivity index (χ0v) is 13.6. The summed E-state index contributed by atoms with van der Waals surface area (Å²) in [6.45, 7) is 7.02. The minimum absolute atomic E-state index is 0.0943. The summed E-state index contributed by atoms with van der Waals surface area (Å²) in [5, 5.41) is 10.0. The maximum absolute atomic E-state index is 10.0. The van der Waals surface area contributed by atoms with Crippen LogP contribution in [0.2, 0.25) is 0 Å². The van der Waals surface area contributed by atoms with E-state index in [2.05, 4.69) is 4.90 Å². The molecule has 0 bridgehead atoms. The number of β-amino-alcohol motifs (C(OH)–C–C–N with tert-alkyl or cyclic N) is 1. The third kappa shape index (κ3) is 4.00. The minimum Gasteiger partial charge on any atom is -0.488 e. The van der Waals surface area contributed by atoms with E-state index in [9.17, 15) is 5.11 Å². The van der Waals surface area contributed by atoms with E-state index in [-0.39, 0.29) is 11.7 Å². The number of nitrogens with zero attached hydrogens (tertiary/aromatic N) is 1. The molecule has 1 aromatic rings. The van der Waals surface area contributed by atoms with Crippen LogP contribution in [-0.2, 0) is 4.74 Å². The van der Waals surface area contributed by atoms with Gasteiger partial charge in [-0.3, -0.25) is 4.90 Å². The second-order valence-electron chi connectivity index (χ2n) is 7.38. The maximum Gasteiger partial charge on any atom is 0.125 e. The summed E-state index contributed by atoms with van der Waals surface area (Å²) >= 11 is 0. The number of ether oxygens (including phenoxy) is 2. The van der Waals surface area contributed by atoms with Crippen LogP contribution >= 0.6 is 0 Å². The molecule has 3 rings (SSSR count). The predicted octanol–water partition coefficient (Wildman–Crippen LogP) is 2.46. The molecule has 1 aromatic carbocycles. The fourth-order valence-electron chi connectivity index (χ4n) is 3.73. The third-order valence-corrected chi connectivity index (χ3v) is 4.45. The van der Waals surface area contributed by atoms with Gasteiger partial charge in [0.15, 0.2) is 0 Å². The van der Waals surface area contributed by atoms with Gasteiger partial charge < -0.3 is 14.6 Å². The van der Waals surface area contributed by atoms with Crippen LogP contribution in [0, 0.1) is 0 Å². The van der Waals surface area contributed by atoms with Crippen LogP contribution in [0.3, 0.4) is 0 Å². The van der Waals surface area contributed by atoms with Crippen molar-refractivity contribution < 1.29 is 14.6 Å². The Morgan fingerprint density at radius 1 is 1.36 bits per heavy atom. The molecule has 0 saturated carbocycles. The van der Waals surface area contributed by atoms with Gasteiger partial charge in [0.25, 0.3) is 0 Å². The highest BCUT2D eigenvalue weighted by molar-refractivity contribution is 5.21. The van der Waals surface area contributed by atoms with Crippen molar-refractivity contribution in [2.45, 2.75) is 50.4 Å². The molecule has 1 spiro atoms. The highest BCUT2D eigenvalue weighted by atomic mass is 16.6. The summed E-state index contributed by atoms with van der Waals surface area (Å²) in [6, 6.07) is 9.97. The van der Waals surface area contributed by atoms with Crippen LogP contribution < -0.4 is 4.74 Å². The first-order valence-electron chi connectivity index (χ1n) is 8.25. The molecule has 2 atom stereocenters. The molecule has 4 nitrogen and oxygen atoms in total. The van der Waals surface area contributed by atoms with E-state index in [1.807, 2.05) is 44.2 Å². The Morgan fingerprint density at radius 2 is 2.14 bits per heavy atom. The van der Waals surface area contributed by atoms with Crippen LogP contribution in [0.15, 0.2) is 30.3 Å². The lowest BCUT2D eigenvalue weighted by Gasteiger charge is -2.41. The minimum atomic E-state index is -0.656. The smallest absolute Gasteiger partial charge is 0.125 e. The monoisotopic (exact) mass is 305 g/mol. The van der Waals surface area contributed by atoms with Gasteiger partial charge in [-0.05, 0) is 45.4 Å². The Balaban J connectivity index is 1.58. The highest BCUT2D eigenvalue weighted by Crippen LogP contribution is 2.36. The lowest BCUT2D eigenvalue weighted by molar-refractivity contribution is -0.0686. The summed E-state index contributed by atoms with van der Waals surface area (Å²) < 4.78 is 12.2. The van der Waals surface area contributed by atoms with Gasteiger partial charge in [-0.15, -0.1) is 0 Å². The number of likely N-dealkylation sites (tertiary alicyclic amines) is 1. The molecule has 0 aromatic heterocycles. The maximum atomic E-state index is 10.0. The molecule has 2 saturated heterocycles. The van der Waals surface area contributed by atoms with Crippen molar-refractivity contribution in [3.8, 4) is 5.75 Å². The van der Waals surface area contributed by atoms with Crippen molar-refractivity contribution in [1.29, 1.82) is 0 Å². The number of rotatable bonds is 4. The second kappa shape index (κ2) is 6.19. The van der Waals surface area contributed by atoms with Gasteiger partial charge in [-0.25, -0.2) is 0 Å². The molecule has 1 N–H and O–H groups in total. The quantitative estimate of drug-likeness (QED) is 0.928. The Labute approximate surface area is 133 Å². The number of hydrogen-bond acceptors (Lipinski definition) is 4. The molecule has 4 heteroatoms. The molecular formula is C18H27NO3. The van der Waals surface area contributed by atoms with Gasteiger partial charge in [0.1, 0.15) is 11.9 Å². The number of aliphatic hydroxyl groups is 1. The molecule has 0 amide bonds. The van der Waals surface area contributed by atoms with Crippen LogP contribution in [0.25, 0.3) is 0 Å². The van der Waals surface area contributed by atoms with E-state index < -0.39 is 5.60 Å². The van der Waals surface area contributed by atoms with Crippen molar-refractivity contribution in [3.05, 3.63) is 30.3 Å². The van der Waals surface area contributed by atoms with Crippen LogP contribution in [0.5, 0.6) is 5.75 Å². The molecule has 0 radical (unpaired) electrons. The first kappa shape index (κ1) is 15.8. The average molecular weight is 305 g/mol. The fourth-order valence-corrected chi connectivity index (χ4v) is 3.73. The third-order valence-electron chi connectivity index (χ3n) is 4.45. The average Bonchev–Trinajstić information content (AvgIpc) is 2.80. The van der Waals surface area contributed by atoms with Crippen molar-refractivity contribution in [2.24, 2.45) is 0 Å². The Morgan fingerprint density at radius 3 is 2.86 bits per heavy atom. The van der Waals surface area contributed by atoms with E-state index in [4.69, 9.17) is 9.47 Å². The van der Waals surface area contributed by atoms with Gasteiger partial charge >= 0.3 is 0 Å². The van der Waals surface area contributed by atoms with Crippen molar-refractivity contribution in [1.82, 2.24) is 4.90 Å². The normalized spacial score (nSPS) is 29.9. The Hall–Kier alpha value is -1.10. The van der Waals surface area contributed by atoms with Gasteiger partial charge in [-0.2, -0.15) is 0 Å². The number of hydrogen-bond donors (Lipinski definition) is 1. The molecule has 2 heterocycles. The molecule has 2 fully saturated rings. The Bertz CT molecular complexity index is 485. The van der Waals surface area contributed by atoms with E-state index in [0.717, 1.165) is 38.1 Å². The largest absolute Gasteiger partial charge is 0.488 e. The molecule has 122 valence electrons. The molecular weight excluding hydrogens is 278 g/mol. The highest BCUT2D eigenvalue weighted by Gasteiger charge is 2.44. The second-order valence-corrected chi connectivity index (χ2v) is 7.38. The van der Waals surface area contributed by atoms with Crippen LogP contribution in [0.1, 0.15) is 33.1 Å². The number of benzene rings is 1. The summed E-state index contributed by atoms with van der Waals surface area (Å²) in [6.07, 6.45) is 3.27. The van der Waals surface area contributed by atoms with Crippen LogP contribution in [-0.4, -0.2) is 53.6 Å². The molecule has 2 aliphatic rings. The Kier molecular flexibility index (Phi) is 4.44.